The van der Waals surface area contributed by atoms with Gasteiger partial charge in [-0.1, -0.05) is 17.7 Å². The van der Waals surface area contributed by atoms with Crippen LogP contribution in [0.2, 0.25) is 5.02 Å². The van der Waals surface area contributed by atoms with Crippen molar-refractivity contribution in [2.45, 2.75) is 20.5 Å². The molecule has 1 aromatic rings. The van der Waals surface area contributed by atoms with Gasteiger partial charge in [0.15, 0.2) is 0 Å². The van der Waals surface area contributed by atoms with E-state index in [2.05, 4.69) is 4.84 Å². The van der Waals surface area contributed by atoms with Crippen LogP contribution in [0.25, 0.3) is 0 Å². The summed E-state index contributed by atoms with van der Waals surface area (Å²) in [5.74, 6) is 5.78. The molecule has 0 saturated carbocycles. The van der Waals surface area contributed by atoms with Gasteiger partial charge in [0, 0.05) is 5.56 Å². The fraction of sp³-hybridized carbons (Fsp3) is 0.400. The average molecular weight is 216 g/mol. The molecule has 78 valence electrons. The maximum atomic E-state index is 6.11. The van der Waals surface area contributed by atoms with E-state index in [1.165, 1.54) is 0 Å². The molecule has 0 radical (unpaired) electrons. The molecule has 3 nitrogen and oxygen atoms in total. The number of methoxy groups -OCH3 is 1. The first kappa shape index (κ1) is 11.3. The minimum atomic E-state index is 0.254. The third-order valence-electron chi connectivity index (χ3n) is 2.11. The number of benzene rings is 1. The van der Waals surface area contributed by atoms with E-state index in [-0.39, 0.29) is 6.61 Å². The van der Waals surface area contributed by atoms with E-state index in [4.69, 9.17) is 22.2 Å². The zero-order valence-electron chi connectivity index (χ0n) is 8.56. The van der Waals surface area contributed by atoms with Crippen molar-refractivity contribution in [3.8, 4) is 5.75 Å². The zero-order valence-corrected chi connectivity index (χ0v) is 9.31. The number of ether oxygens (including phenoxy) is 1. The highest BCUT2D eigenvalue weighted by Crippen LogP contribution is 2.33. The van der Waals surface area contributed by atoms with E-state index in [1.807, 2.05) is 19.9 Å². The van der Waals surface area contributed by atoms with Crippen LogP contribution in [0.5, 0.6) is 5.75 Å². The van der Waals surface area contributed by atoms with Crippen molar-refractivity contribution in [1.82, 2.24) is 0 Å². The molecule has 1 rings (SSSR count). The van der Waals surface area contributed by atoms with Crippen molar-refractivity contribution >= 4 is 11.6 Å². The van der Waals surface area contributed by atoms with Crippen LogP contribution in [0, 0.1) is 13.8 Å². The summed E-state index contributed by atoms with van der Waals surface area (Å²) in [5.41, 5.74) is 2.83. The van der Waals surface area contributed by atoms with Crippen LogP contribution in [-0.4, -0.2) is 7.11 Å². The van der Waals surface area contributed by atoms with Crippen LogP contribution in [0.4, 0.5) is 0 Å². The lowest BCUT2D eigenvalue weighted by molar-refractivity contribution is 0.122. The summed E-state index contributed by atoms with van der Waals surface area (Å²) in [6, 6.07) is 1.97. The molecule has 0 aliphatic heterocycles. The first-order chi connectivity index (χ1) is 6.61. The number of rotatable bonds is 3. The van der Waals surface area contributed by atoms with Crippen molar-refractivity contribution in [3.05, 3.63) is 27.8 Å². The highest BCUT2D eigenvalue weighted by molar-refractivity contribution is 6.32. The van der Waals surface area contributed by atoms with E-state index in [0.29, 0.717) is 5.02 Å². The van der Waals surface area contributed by atoms with Gasteiger partial charge in [0.05, 0.1) is 18.7 Å². The molecule has 0 bridgehead atoms. The van der Waals surface area contributed by atoms with Gasteiger partial charge >= 0.3 is 0 Å². The van der Waals surface area contributed by atoms with Crippen LogP contribution >= 0.6 is 11.6 Å². The van der Waals surface area contributed by atoms with Gasteiger partial charge in [0.25, 0.3) is 0 Å². The molecule has 0 unspecified atom stereocenters. The monoisotopic (exact) mass is 215 g/mol. The second kappa shape index (κ2) is 4.64. The summed E-state index contributed by atoms with van der Waals surface area (Å²) >= 11 is 6.11. The minimum Gasteiger partial charge on any atom is -0.496 e. The molecule has 0 atom stereocenters. The summed E-state index contributed by atoms with van der Waals surface area (Å²) in [6.07, 6.45) is 0. The standard InChI is InChI=1S/C10H14ClNO2/c1-6-4-7(2)10(13-3)8(5-14-12)9(6)11/h4H,5,12H2,1-3H3. The van der Waals surface area contributed by atoms with Gasteiger partial charge in [-0.3, -0.25) is 4.84 Å². The second-order valence-corrected chi connectivity index (χ2v) is 3.53. The Morgan fingerprint density at radius 2 is 2.00 bits per heavy atom. The molecule has 2 N–H and O–H groups in total. The highest BCUT2D eigenvalue weighted by atomic mass is 35.5. The number of hydrogen-bond acceptors (Lipinski definition) is 3. The molecule has 0 saturated heterocycles. The average Bonchev–Trinajstić information content (AvgIpc) is 2.14. The summed E-state index contributed by atoms with van der Waals surface area (Å²) in [6.45, 7) is 4.15. The first-order valence-corrected chi connectivity index (χ1v) is 4.63. The van der Waals surface area contributed by atoms with Gasteiger partial charge in [-0.15, -0.1) is 0 Å². The predicted octanol–water partition coefficient (Wildman–Crippen LogP) is 2.36. The molecule has 0 spiro atoms. The topological polar surface area (TPSA) is 44.5 Å². The number of aryl methyl sites for hydroxylation is 2. The van der Waals surface area contributed by atoms with Gasteiger partial charge in [-0.05, 0) is 25.0 Å². The second-order valence-electron chi connectivity index (χ2n) is 3.15. The summed E-state index contributed by atoms with van der Waals surface area (Å²) < 4.78 is 5.24. The normalized spacial score (nSPS) is 10.4. The smallest absolute Gasteiger partial charge is 0.128 e. The first-order valence-electron chi connectivity index (χ1n) is 4.26. The van der Waals surface area contributed by atoms with Crippen molar-refractivity contribution in [1.29, 1.82) is 0 Å². The van der Waals surface area contributed by atoms with Crippen molar-refractivity contribution in [2.24, 2.45) is 5.90 Å². The molecule has 14 heavy (non-hydrogen) atoms. The van der Waals surface area contributed by atoms with Gasteiger partial charge in [0.2, 0.25) is 0 Å². The van der Waals surface area contributed by atoms with E-state index in [0.717, 1.165) is 22.4 Å². The molecule has 0 heterocycles. The fourth-order valence-corrected chi connectivity index (χ4v) is 1.72. The van der Waals surface area contributed by atoms with Crippen LogP contribution in [0.15, 0.2) is 6.07 Å². The molecule has 0 amide bonds. The molecule has 0 aromatic heterocycles. The SMILES string of the molecule is COc1c(C)cc(C)c(Cl)c1CON. The van der Waals surface area contributed by atoms with Gasteiger partial charge in [-0.25, -0.2) is 5.90 Å². The maximum absolute atomic E-state index is 6.11. The summed E-state index contributed by atoms with van der Waals surface area (Å²) in [7, 11) is 1.61. The Morgan fingerprint density at radius 3 is 2.50 bits per heavy atom. The molecule has 0 fully saturated rings. The van der Waals surface area contributed by atoms with Crippen LogP contribution in [0.3, 0.4) is 0 Å². The fourth-order valence-electron chi connectivity index (χ4n) is 1.53. The van der Waals surface area contributed by atoms with E-state index < -0.39 is 0 Å². The lowest BCUT2D eigenvalue weighted by Crippen LogP contribution is -2.04. The van der Waals surface area contributed by atoms with Crippen LogP contribution < -0.4 is 10.6 Å². The van der Waals surface area contributed by atoms with E-state index in [9.17, 15) is 0 Å². The minimum absolute atomic E-state index is 0.254. The van der Waals surface area contributed by atoms with Gasteiger partial charge in [-0.2, -0.15) is 0 Å². The molecule has 0 aliphatic rings. The van der Waals surface area contributed by atoms with Gasteiger partial charge in [0.1, 0.15) is 5.75 Å². The third kappa shape index (κ3) is 2.00. The maximum Gasteiger partial charge on any atom is 0.128 e. The Labute approximate surface area is 88.7 Å². The Hall–Kier alpha value is -0.770. The zero-order chi connectivity index (χ0) is 10.7. The van der Waals surface area contributed by atoms with Crippen molar-refractivity contribution in [3.63, 3.8) is 0 Å². The quantitative estimate of drug-likeness (QED) is 0.788. The number of hydrogen-bond donors (Lipinski definition) is 1. The molecular formula is C10H14ClNO2. The lowest BCUT2D eigenvalue weighted by Gasteiger charge is -2.14. The lowest BCUT2D eigenvalue weighted by atomic mass is 10.1. The van der Waals surface area contributed by atoms with Gasteiger partial charge < -0.3 is 4.74 Å². The summed E-state index contributed by atoms with van der Waals surface area (Å²) in [4.78, 5) is 4.60. The van der Waals surface area contributed by atoms with Crippen molar-refractivity contribution < 1.29 is 9.57 Å². The molecule has 0 aliphatic carbocycles. The van der Waals surface area contributed by atoms with E-state index in [1.54, 1.807) is 7.11 Å². The third-order valence-corrected chi connectivity index (χ3v) is 2.63. The molecule has 1 aromatic carbocycles. The van der Waals surface area contributed by atoms with E-state index >= 15 is 0 Å². The molecule has 4 heteroatoms. The molecular weight excluding hydrogens is 202 g/mol. The number of halogens is 1. The Kier molecular flexibility index (Phi) is 3.75. The Balaban J connectivity index is 3.32. The van der Waals surface area contributed by atoms with Crippen molar-refractivity contribution in [2.75, 3.05) is 7.11 Å². The predicted molar refractivity (Wildman–Crippen MR) is 56.5 cm³/mol. The number of nitrogens with two attached hydrogens (primary N) is 1. The largest absolute Gasteiger partial charge is 0.496 e. The van der Waals surface area contributed by atoms with Crippen LogP contribution in [-0.2, 0) is 11.4 Å². The Bertz CT molecular complexity index is 339. The summed E-state index contributed by atoms with van der Waals surface area (Å²) in [5, 5.41) is 0.651. The van der Waals surface area contributed by atoms with Crippen LogP contribution in [0.1, 0.15) is 16.7 Å². The highest BCUT2D eigenvalue weighted by Gasteiger charge is 2.13. The Morgan fingerprint density at radius 1 is 1.36 bits per heavy atom.